The molecule has 5 rings (SSSR count). The SMILES string of the molecule is CC1=CCC(c2cnc(-c3ccccc3)c(C)c2)N(S(=O)(=O)c2ccc(C)cc2)C1c1ccccc1. The summed E-state index contributed by atoms with van der Waals surface area (Å²) < 4.78 is 30.2. The molecule has 0 spiro atoms. The van der Waals surface area contributed by atoms with Gasteiger partial charge in [-0.2, -0.15) is 4.31 Å². The molecule has 1 aliphatic heterocycles. The quantitative estimate of drug-likeness (QED) is 0.276. The number of hydrogen-bond acceptors (Lipinski definition) is 3. The van der Waals surface area contributed by atoms with E-state index in [1.54, 1.807) is 16.4 Å². The third-order valence-corrected chi connectivity index (χ3v) is 8.79. The fourth-order valence-corrected chi connectivity index (χ4v) is 6.87. The molecule has 4 nitrogen and oxygen atoms in total. The minimum absolute atomic E-state index is 0.305. The van der Waals surface area contributed by atoms with Crippen molar-refractivity contribution in [3.8, 4) is 11.3 Å². The summed E-state index contributed by atoms with van der Waals surface area (Å²) in [6.45, 7) is 6.02. The molecule has 1 aliphatic rings. The molecular formula is C31H30N2O2S. The van der Waals surface area contributed by atoms with Crippen molar-refractivity contribution in [3.05, 3.63) is 131 Å². The summed E-state index contributed by atoms with van der Waals surface area (Å²) in [4.78, 5) is 5.10. The van der Waals surface area contributed by atoms with Crippen molar-refractivity contribution in [2.75, 3.05) is 0 Å². The van der Waals surface area contributed by atoms with Crippen molar-refractivity contribution >= 4 is 10.0 Å². The molecule has 182 valence electrons. The Morgan fingerprint density at radius 1 is 0.806 bits per heavy atom. The van der Waals surface area contributed by atoms with Crippen molar-refractivity contribution in [2.45, 2.75) is 44.2 Å². The Hall–Kier alpha value is -3.54. The van der Waals surface area contributed by atoms with Crippen LogP contribution in [0.3, 0.4) is 0 Å². The molecule has 4 aromatic rings. The Bertz CT molecular complexity index is 1500. The molecular weight excluding hydrogens is 464 g/mol. The van der Waals surface area contributed by atoms with E-state index in [-0.39, 0.29) is 6.04 Å². The average Bonchev–Trinajstić information content (AvgIpc) is 2.89. The number of nitrogens with zero attached hydrogens (tertiary/aromatic N) is 2. The van der Waals surface area contributed by atoms with Crippen LogP contribution in [0.5, 0.6) is 0 Å². The Balaban J connectivity index is 1.65. The highest BCUT2D eigenvalue weighted by molar-refractivity contribution is 7.89. The van der Waals surface area contributed by atoms with Gasteiger partial charge < -0.3 is 0 Å². The zero-order valence-corrected chi connectivity index (χ0v) is 21.6. The molecule has 0 saturated carbocycles. The number of pyridine rings is 1. The van der Waals surface area contributed by atoms with E-state index in [1.807, 2.05) is 99.8 Å². The van der Waals surface area contributed by atoms with Gasteiger partial charge in [0.1, 0.15) is 0 Å². The summed E-state index contributed by atoms with van der Waals surface area (Å²) in [6.07, 6.45) is 4.60. The van der Waals surface area contributed by atoms with Crippen molar-refractivity contribution in [2.24, 2.45) is 0 Å². The third-order valence-electron chi connectivity index (χ3n) is 6.90. The first-order chi connectivity index (χ1) is 17.4. The van der Waals surface area contributed by atoms with Gasteiger partial charge in [0.25, 0.3) is 0 Å². The van der Waals surface area contributed by atoms with Crippen LogP contribution in [0.15, 0.2) is 114 Å². The number of benzene rings is 3. The summed E-state index contributed by atoms with van der Waals surface area (Å²) in [6, 6.07) is 28.4. The van der Waals surface area contributed by atoms with Crippen LogP contribution in [-0.2, 0) is 10.0 Å². The monoisotopic (exact) mass is 494 g/mol. The maximum Gasteiger partial charge on any atom is 0.244 e. The van der Waals surface area contributed by atoms with Gasteiger partial charge in [0.2, 0.25) is 10.0 Å². The normalized spacial score (nSPS) is 18.6. The number of rotatable bonds is 5. The van der Waals surface area contributed by atoms with Crippen molar-refractivity contribution < 1.29 is 8.42 Å². The molecule has 0 aliphatic carbocycles. The summed E-state index contributed by atoms with van der Waals surface area (Å²) >= 11 is 0. The average molecular weight is 495 g/mol. The highest BCUT2D eigenvalue weighted by Gasteiger charge is 2.41. The van der Waals surface area contributed by atoms with E-state index >= 15 is 0 Å². The van der Waals surface area contributed by atoms with Gasteiger partial charge in [0.15, 0.2) is 0 Å². The van der Waals surface area contributed by atoms with E-state index in [9.17, 15) is 8.42 Å². The second kappa shape index (κ2) is 9.84. The van der Waals surface area contributed by atoms with E-state index in [2.05, 4.69) is 12.1 Å². The summed E-state index contributed by atoms with van der Waals surface area (Å²) in [5, 5.41) is 0. The Morgan fingerprint density at radius 2 is 1.44 bits per heavy atom. The molecule has 3 aromatic carbocycles. The molecule has 1 aromatic heterocycles. The third kappa shape index (κ3) is 4.52. The topological polar surface area (TPSA) is 50.3 Å². The number of aromatic nitrogens is 1. The minimum atomic E-state index is -3.82. The highest BCUT2D eigenvalue weighted by atomic mass is 32.2. The predicted molar refractivity (Wildman–Crippen MR) is 145 cm³/mol. The Kier molecular flexibility index (Phi) is 6.61. The largest absolute Gasteiger partial charge is 0.256 e. The van der Waals surface area contributed by atoms with E-state index in [0.29, 0.717) is 11.3 Å². The van der Waals surface area contributed by atoms with Gasteiger partial charge in [-0.1, -0.05) is 96.1 Å². The maximum atomic E-state index is 14.3. The molecule has 0 N–H and O–H groups in total. The molecule has 5 heteroatoms. The maximum absolute atomic E-state index is 14.3. The Labute approximate surface area is 214 Å². The molecule has 0 saturated heterocycles. The van der Waals surface area contributed by atoms with Crippen LogP contribution in [0.2, 0.25) is 0 Å². The minimum Gasteiger partial charge on any atom is -0.256 e. The second-order valence-corrected chi connectivity index (χ2v) is 11.3. The number of hydrogen-bond donors (Lipinski definition) is 0. The van der Waals surface area contributed by atoms with Gasteiger partial charge in [-0.05, 0) is 56.0 Å². The molecule has 36 heavy (non-hydrogen) atoms. The fourth-order valence-electron chi connectivity index (χ4n) is 5.04. The fraction of sp³-hybridized carbons (Fsp3) is 0.194. The van der Waals surface area contributed by atoms with Crippen LogP contribution in [0.4, 0.5) is 0 Å². The van der Waals surface area contributed by atoms with Crippen LogP contribution >= 0.6 is 0 Å². The van der Waals surface area contributed by atoms with Crippen LogP contribution in [0.25, 0.3) is 11.3 Å². The van der Waals surface area contributed by atoms with Gasteiger partial charge in [-0.25, -0.2) is 8.42 Å². The first-order valence-electron chi connectivity index (χ1n) is 12.2. The highest BCUT2D eigenvalue weighted by Crippen LogP contribution is 2.45. The molecule has 0 fully saturated rings. The molecule has 2 unspecified atom stereocenters. The first-order valence-corrected chi connectivity index (χ1v) is 13.6. The molecule has 0 amide bonds. The van der Waals surface area contributed by atoms with Crippen molar-refractivity contribution in [1.29, 1.82) is 0 Å². The van der Waals surface area contributed by atoms with Gasteiger partial charge in [-0.3, -0.25) is 4.98 Å². The van der Waals surface area contributed by atoms with Gasteiger partial charge in [-0.15, -0.1) is 0 Å². The summed E-state index contributed by atoms with van der Waals surface area (Å²) in [7, 11) is -3.82. The zero-order valence-electron chi connectivity index (χ0n) is 20.8. The lowest BCUT2D eigenvalue weighted by atomic mass is 9.90. The standard InChI is InChI=1S/C31H30N2O2S/c1-22-14-17-28(18-15-22)36(34,35)33-29(19-16-23(2)31(33)26-12-8-5-9-13-26)27-20-24(3)30(32-21-27)25-10-6-4-7-11-25/h4-18,20-21,29,31H,19H2,1-3H3. The Morgan fingerprint density at radius 3 is 2.08 bits per heavy atom. The predicted octanol–water partition coefficient (Wildman–Crippen LogP) is 7.19. The molecule has 2 heterocycles. The van der Waals surface area contributed by atoms with Crippen molar-refractivity contribution in [3.63, 3.8) is 0 Å². The lowest BCUT2D eigenvalue weighted by molar-refractivity contribution is 0.261. The number of sulfonamides is 1. The lowest BCUT2D eigenvalue weighted by Crippen LogP contribution is -2.40. The van der Waals surface area contributed by atoms with Crippen LogP contribution in [0, 0.1) is 13.8 Å². The van der Waals surface area contributed by atoms with Crippen LogP contribution in [-0.4, -0.2) is 17.7 Å². The smallest absolute Gasteiger partial charge is 0.244 e. The van der Waals surface area contributed by atoms with E-state index in [0.717, 1.165) is 39.1 Å². The van der Waals surface area contributed by atoms with E-state index < -0.39 is 16.1 Å². The summed E-state index contributed by atoms with van der Waals surface area (Å²) in [5.74, 6) is 0. The van der Waals surface area contributed by atoms with Crippen molar-refractivity contribution in [1.82, 2.24) is 9.29 Å². The van der Waals surface area contributed by atoms with Crippen LogP contribution in [0.1, 0.15) is 47.7 Å². The lowest BCUT2D eigenvalue weighted by Gasteiger charge is -2.41. The molecule has 0 bridgehead atoms. The van der Waals surface area contributed by atoms with Gasteiger partial charge in [0, 0.05) is 11.8 Å². The van der Waals surface area contributed by atoms with Crippen LogP contribution < -0.4 is 0 Å². The van der Waals surface area contributed by atoms with Gasteiger partial charge >= 0.3 is 0 Å². The van der Waals surface area contributed by atoms with E-state index in [4.69, 9.17) is 4.98 Å². The number of aryl methyl sites for hydroxylation is 2. The molecule has 2 atom stereocenters. The van der Waals surface area contributed by atoms with E-state index in [1.165, 1.54) is 0 Å². The zero-order chi connectivity index (χ0) is 25.3. The molecule has 0 radical (unpaired) electrons. The first kappa shape index (κ1) is 24.2. The van der Waals surface area contributed by atoms with Gasteiger partial charge in [0.05, 0.1) is 22.7 Å². The second-order valence-electron chi connectivity index (χ2n) is 9.46. The summed E-state index contributed by atoms with van der Waals surface area (Å²) in [5.41, 5.74) is 6.88.